The van der Waals surface area contributed by atoms with Crippen LogP contribution < -0.4 is 5.32 Å². The number of anilines is 1. The van der Waals surface area contributed by atoms with Gasteiger partial charge in [0, 0.05) is 37.2 Å². The van der Waals surface area contributed by atoms with E-state index in [0.29, 0.717) is 12.8 Å². The molecule has 0 unspecified atom stereocenters. The molecule has 6 nitrogen and oxygen atoms in total. The van der Waals surface area contributed by atoms with Crippen LogP contribution in [0.1, 0.15) is 60.3 Å². The van der Waals surface area contributed by atoms with Crippen LogP contribution in [0.4, 0.5) is 32.0 Å². The average Bonchev–Trinajstić information content (AvgIpc) is 3.41. The molecule has 2 aromatic rings. The Balaban J connectivity index is 1.76. The second-order valence-corrected chi connectivity index (χ2v) is 11.6. The second-order valence-electron chi connectivity index (χ2n) is 9.50. The molecule has 1 aromatic carbocycles. The van der Waals surface area contributed by atoms with Gasteiger partial charge in [-0.05, 0) is 36.5 Å². The molecule has 0 saturated heterocycles. The van der Waals surface area contributed by atoms with Crippen molar-refractivity contribution in [1.82, 2.24) is 9.78 Å². The summed E-state index contributed by atoms with van der Waals surface area (Å²) in [6.45, 7) is 1.18. The van der Waals surface area contributed by atoms with E-state index in [-0.39, 0.29) is 17.9 Å². The minimum atomic E-state index is -4.93. The molecule has 0 spiro atoms. The summed E-state index contributed by atoms with van der Waals surface area (Å²) >= 11 is 0. The molecule has 4 rings (SSSR count). The number of carbonyl (C=O) groups is 1. The van der Waals surface area contributed by atoms with E-state index in [1.807, 2.05) is 0 Å². The number of rotatable bonds is 6. The number of alkyl halides is 5. The van der Waals surface area contributed by atoms with Gasteiger partial charge in [-0.25, -0.2) is 22.2 Å². The molecule has 2 aliphatic carbocycles. The monoisotopic (exact) mass is 508 g/mol. The lowest BCUT2D eigenvalue weighted by atomic mass is 9.67. The zero-order valence-corrected chi connectivity index (χ0v) is 19.0. The van der Waals surface area contributed by atoms with Gasteiger partial charge in [-0.2, -0.15) is 18.3 Å². The quantitative estimate of drug-likeness (QED) is 0.495. The van der Waals surface area contributed by atoms with Gasteiger partial charge < -0.3 is 5.32 Å². The van der Waals surface area contributed by atoms with Crippen LogP contribution in [0.5, 0.6) is 0 Å². The van der Waals surface area contributed by atoms with Crippen LogP contribution in [0.2, 0.25) is 0 Å². The highest BCUT2D eigenvalue weighted by Gasteiger charge is 2.55. The second kappa shape index (κ2) is 7.72. The van der Waals surface area contributed by atoms with Gasteiger partial charge in [-0.3, -0.25) is 9.48 Å². The summed E-state index contributed by atoms with van der Waals surface area (Å²) in [5.74, 6) is -5.58. The first-order valence-corrected chi connectivity index (χ1v) is 12.4. The van der Waals surface area contributed by atoms with Crippen molar-refractivity contribution in [3.05, 3.63) is 41.0 Å². The molecule has 1 amide bonds. The van der Waals surface area contributed by atoms with Gasteiger partial charge in [0.25, 0.3) is 5.91 Å². The van der Waals surface area contributed by atoms with Gasteiger partial charge in [0.05, 0.1) is 20.3 Å². The highest BCUT2D eigenvalue weighted by atomic mass is 32.2. The van der Waals surface area contributed by atoms with E-state index in [2.05, 4.69) is 10.4 Å². The molecule has 0 bridgehead atoms. The first kappa shape index (κ1) is 24.6. The van der Waals surface area contributed by atoms with Crippen molar-refractivity contribution >= 4 is 21.3 Å². The topological polar surface area (TPSA) is 87.8 Å². The van der Waals surface area contributed by atoms with Crippen molar-refractivity contribution in [2.75, 3.05) is 11.6 Å². The van der Waals surface area contributed by atoms with Crippen molar-refractivity contribution in [3.63, 3.8) is 0 Å². The normalized spacial score (nSPS) is 20.9. The molecule has 2 N–H and O–H groups in total. The molecule has 186 valence electrons. The summed E-state index contributed by atoms with van der Waals surface area (Å²) in [5.41, 5.74) is -3.55. The fraction of sp³-hybridized carbons (Fsp3) is 0.524. The van der Waals surface area contributed by atoms with Gasteiger partial charge in [0.2, 0.25) is 5.92 Å². The number of aromatic nitrogens is 2. The van der Waals surface area contributed by atoms with E-state index >= 15 is 0 Å². The first-order chi connectivity index (χ1) is 15.5. The predicted octanol–water partition coefficient (Wildman–Crippen LogP) is 5.64. The number of benzene rings is 1. The maximum Gasteiger partial charge on any atom is 0.420 e. The molecule has 0 aliphatic heterocycles. The molecule has 1 aromatic heterocycles. The third-order valence-corrected chi connectivity index (χ3v) is 7.11. The Morgan fingerprint density at radius 1 is 1.29 bits per heavy atom. The highest BCUT2D eigenvalue weighted by Crippen LogP contribution is 2.53. The Morgan fingerprint density at radius 3 is 2.41 bits per heavy atom. The van der Waals surface area contributed by atoms with E-state index in [9.17, 15) is 35.3 Å². The number of nitrogens with zero attached hydrogens (tertiary/aromatic N) is 2. The van der Waals surface area contributed by atoms with Crippen LogP contribution in [-0.2, 0) is 22.5 Å². The summed E-state index contributed by atoms with van der Waals surface area (Å²) in [7, 11) is -3.52. The summed E-state index contributed by atoms with van der Waals surface area (Å²) in [5, 5.41) is 6.28. The van der Waals surface area contributed by atoms with E-state index in [1.165, 1.54) is 6.92 Å². The summed E-state index contributed by atoms with van der Waals surface area (Å²) in [6.07, 6.45) is -4.13. The molecular weight excluding hydrogens is 486 g/mol. The van der Waals surface area contributed by atoms with Crippen LogP contribution in [0.25, 0.3) is 0 Å². The molecule has 2 fully saturated rings. The van der Waals surface area contributed by atoms with Crippen LogP contribution in [0, 0.1) is 16.0 Å². The fourth-order valence-electron chi connectivity index (χ4n) is 4.49. The molecule has 0 radical (unpaired) electrons. The summed E-state index contributed by atoms with van der Waals surface area (Å²) < 4.78 is 104. The van der Waals surface area contributed by atoms with Crippen molar-refractivity contribution in [2.45, 2.75) is 62.1 Å². The van der Waals surface area contributed by atoms with Crippen molar-refractivity contribution in [2.24, 2.45) is 5.41 Å². The van der Waals surface area contributed by atoms with Crippen LogP contribution >= 0.6 is 0 Å². The Kier molecular flexibility index (Phi) is 5.57. The molecule has 1 heterocycles. The molecule has 2 aliphatic rings. The third kappa shape index (κ3) is 4.80. The van der Waals surface area contributed by atoms with Gasteiger partial charge in [-0.1, -0.05) is 6.92 Å². The molecule has 34 heavy (non-hydrogen) atoms. The molecular formula is C21H22F6N4O2S. The lowest BCUT2D eigenvalue weighted by Crippen LogP contribution is -2.47. The van der Waals surface area contributed by atoms with E-state index in [4.69, 9.17) is 4.78 Å². The lowest BCUT2D eigenvalue weighted by molar-refractivity contribution is -0.160. The largest absolute Gasteiger partial charge is 0.420 e. The molecule has 2 saturated carbocycles. The average molecular weight is 508 g/mol. The third-order valence-electron chi connectivity index (χ3n) is 5.95. The van der Waals surface area contributed by atoms with Gasteiger partial charge >= 0.3 is 6.18 Å². The van der Waals surface area contributed by atoms with E-state index in [1.54, 1.807) is 0 Å². The van der Waals surface area contributed by atoms with E-state index in [0.717, 1.165) is 29.1 Å². The van der Waals surface area contributed by atoms with Crippen molar-refractivity contribution in [3.8, 4) is 0 Å². The maximum absolute atomic E-state index is 14.1. The zero-order valence-electron chi connectivity index (χ0n) is 18.2. The van der Waals surface area contributed by atoms with Gasteiger partial charge in [0.1, 0.15) is 17.1 Å². The van der Waals surface area contributed by atoms with E-state index < -0.39 is 73.9 Å². The minimum Gasteiger partial charge on any atom is -0.321 e. The van der Waals surface area contributed by atoms with Crippen LogP contribution in [0.3, 0.4) is 0 Å². The Hall–Kier alpha value is -2.57. The van der Waals surface area contributed by atoms with Crippen molar-refractivity contribution in [1.29, 1.82) is 4.78 Å². The zero-order chi connectivity index (χ0) is 25.3. The number of hydrogen-bond donors (Lipinski definition) is 2. The SMILES string of the molecule is CC1(Cn2nc(C3CC3)c(C(F)(F)F)c2C(=O)Nc2ccc(F)c([S@](C)(=N)=O)c2)CC(F)(F)C1. The lowest BCUT2D eigenvalue weighted by Gasteiger charge is -2.44. The van der Waals surface area contributed by atoms with Gasteiger partial charge in [-0.15, -0.1) is 0 Å². The van der Waals surface area contributed by atoms with Gasteiger partial charge in [0.15, 0.2) is 0 Å². The number of nitrogens with one attached hydrogen (secondary N) is 2. The highest BCUT2D eigenvalue weighted by molar-refractivity contribution is 7.91. The smallest absolute Gasteiger partial charge is 0.321 e. The molecule has 13 heteroatoms. The summed E-state index contributed by atoms with van der Waals surface area (Å²) in [6, 6.07) is 2.83. The minimum absolute atomic E-state index is 0.168. The first-order valence-electron chi connectivity index (χ1n) is 10.4. The van der Waals surface area contributed by atoms with Crippen LogP contribution in [-0.4, -0.2) is 32.1 Å². The standard InChI is InChI=1S/C21H22F6N4O2S/c1-19(8-20(23,24)9-19)10-31-17(15(21(25,26)27)16(30-31)11-3-4-11)18(32)29-12-5-6-13(22)14(7-12)34(2,28)33/h5-7,11,28H,3-4,8-10H2,1-2H3,(H,29,32)/t34-/m1/s1. The Labute approximate surface area is 191 Å². The fourth-order valence-corrected chi connectivity index (χ4v) is 5.28. The number of carbonyl (C=O) groups excluding carboxylic acids is 1. The number of amides is 1. The van der Waals surface area contributed by atoms with Crippen LogP contribution in [0.15, 0.2) is 23.1 Å². The number of halogens is 6. The summed E-state index contributed by atoms with van der Waals surface area (Å²) in [4.78, 5) is 12.6. The maximum atomic E-state index is 14.1. The number of hydrogen-bond acceptors (Lipinski definition) is 4. The Morgan fingerprint density at radius 2 is 1.91 bits per heavy atom. The Bertz CT molecular complexity index is 1260. The van der Waals surface area contributed by atoms with Crippen molar-refractivity contribution < 1.29 is 35.3 Å². The molecule has 1 atom stereocenters. The predicted molar refractivity (Wildman–Crippen MR) is 111 cm³/mol.